The summed E-state index contributed by atoms with van der Waals surface area (Å²) < 4.78 is 14.2. The number of hydrogen-bond donors (Lipinski definition) is 1. The fourth-order valence-electron chi connectivity index (χ4n) is 2.71. The van der Waals surface area contributed by atoms with Crippen LogP contribution in [0.15, 0.2) is 71.9 Å². The Labute approximate surface area is 153 Å². The lowest BCUT2D eigenvalue weighted by Gasteiger charge is -2.10. The topological polar surface area (TPSA) is 72.2 Å². The van der Waals surface area contributed by atoms with Gasteiger partial charge >= 0.3 is 0 Å². The van der Waals surface area contributed by atoms with Crippen molar-refractivity contribution >= 4 is 28.1 Å². The summed E-state index contributed by atoms with van der Waals surface area (Å²) in [5.74, 6) is 1.80. The van der Waals surface area contributed by atoms with Crippen LogP contribution in [0.5, 0.6) is 0 Å². The van der Waals surface area contributed by atoms with E-state index < -0.39 is 10.8 Å². The molecule has 0 bridgehead atoms. The van der Waals surface area contributed by atoms with Gasteiger partial charge in [-0.1, -0.05) is 30.3 Å². The molecule has 4 rings (SSSR count). The summed E-state index contributed by atoms with van der Waals surface area (Å²) in [6, 6.07) is 19.3. The lowest BCUT2D eigenvalue weighted by atomic mass is 10.2. The van der Waals surface area contributed by atoms with Crippen LogP contribution in [0.4, 0.5) is 11.5 Å². The molecule has 7 heteroatoms. The molecule has 0 aliphatic heterocycles. The van der Waals surface area contributed by atoms with E-state index in [1.165, 1.54) is 6.33 Å². The van der Waals surface area contributed by atoms with E-state index in [0.29, 0.717) is 11.5 Å². The van der Waals surface area contributed by atoms with Crippen molar-refractivity contribution in [3.05, 3.63) is 78.2 Å². The zero-order valence-electron chi connectivity index (χ0n) is 14.2. The van der Waals surface area contributed by atoms with E-state index >= 15 is 0 Å². The Hall–Kier alpha value is -3.06. The molecule has 2 aromatic carbocycles. The first-order chi connectivity index (χ1) is 12.7. The maximum Gasteiger partial charge on any atom is 0.254 e. The Morgan fingerprint density at radius 1 is 1.08 bits per heavy atom. The third kappa shape index (κ3) is 3.48. The van der Waals surface area contributed by atoms with Crippen molar-refractivity contribution < 1.29 is 4.21 Å². The van der Waals surface area contributed by atoms with E-state index in [2.05, 4.69) is 20.4 Å². The monoisotopic (exact) mass is 363 g/mol. The molecule has 0 spiro atoms. The first-order valence-corrected chi connectivity index (χ1v) is 9.48. The molecule has 6 nitrogen and oxygen atoms in total. The van der Waals surface area contributed by atoms with Crippen LogP contribution in [0.2, 0.25) is 0 Å². The molecule has 0 radical (unpaired) electrons. The van der Waals surface area contributed by atoms with Crippen LogP contribution in [0.3, 0.4) is 0 Å². The number of aromatic nitrogens is 4. The Morgan fingerprint density at radius 3 is 2.77 bits per heavy atom. The second-order valence-electron chi connectivity index (χ2n) is 5.88. The molecule has 2 aromatic heterocycles. The highest BCUT2D eigenvalue weighted by molar-refractivity contribution is 7.84. The number of fused-ring (bicyclic) bond motifs is 1. The van der Waals surface area contributed by atoms with E-state index in [-0.39, 0.29) is 0 Å². The van der Waals surface area contributed by atoms with E-state index in [4.69, 9.17) is 0 Å². The van der Waals surface area contributed by atoms with Gasteiger partial charge in [0.15, 0.2) is 0 Å². The first kappa shape index (κ1) is 16.4. The highest BCUT2D eigenvalue weighted by Crippen LogP contribution is 2.20. The molecule has 1 N–H and O–H groups in total. The van der Waals surface area contributed by atoms with E-state index in [9.17, 15) is 4.21 Å². The number of benzene rings is 2. The smallest absolute Gasteiger partial charge is 0.254 e. The third-order valence-corrected chi connectivity index (χ3v) is 5.28. The van der Waals surface area contributed by atoms with Crippen LogP contribution in [0, 0.1) is 6.92 Å². The highest BCUT2D eigenvalue weighted by Gasteiger charge is 2.08. The molecule has 0 saturated heterocycles. The summed E-state index contributed by atoms with van der Waals surface area (Å²) in [6.45, 7) is 1.92. The number of nitrogens with one attached hydrogen (secondary N) is 1. The molecule has 2 heterocycles. The Kier molecular flexibility index (Phi) is 4.45. The van der Waals surface area contributed by atoms with Crippen LogP contribution in [-0.4, -0.2) is 23.8 Å². The molecule has 0 amide bonds. The lowest BCUT2D eigenvalue weighted by molar-refractivity contribution is 0.682. The Balaban J connectivity index is 1.58. The molecule has 4 aromatic rings. The van der Waals surface area contributed by atoms with Gasteiger partial charge in [-0.3, -0.25) is 4.21 Å². The maximum absolute atomic E-state index is 12.5. The van der Waals surface area contributed by atoms with Crippen LogP contribution >= 0.6 is 0 Å². The van der Waals surface area contributed by atoms with Crippen LogP contribution in [0.25, 0.3) is 5.78 Å². The standard InChI is InChI=1S/C19H17N5OS/c1-14-10-18(24-19(22-14)20-13-21-24)23-16-7-5-6-15(11-16)12-26(25)17-8-3-2-4-9-17/h2-11,13,23H,12H2,1H3. The van der Waals surface area contributed by atoms with Crippen molar-refractivity contribution in [2.75, 3.05) is 5.32 Å². The molecule has 0 aliphatic rings. The van der Waals surface area contributed by atoms with Gasteiger partial charge in [-0.15, -0.1) is 0 Å². The Morgan fingerprint density at radius 2 is 1.92 bits per heavy atom. The molecular weight excluding hydrogens is 346 g/mol. The zero-order chi connectivity index (χ0) is 17.9. The summed E-state index contributed by atoms with van der Waals surface area (Å²) in [5, 5.41) is 7.55. The van der Waals surface area contributed by atoms with E-state index in [1.54, 1.807) is 4.52 Å². The van der Waals surface area contributed by atoms with E-state index in [0.717, 1.165) is 27.7 Å². The molecule has 130 valence electrons. The second-order valence-corrected chi connectivity index (χ2v) is 7.33. The molecule has 0 aliphatic carbocycles. The minimum atomic E-state index is -1.07. The molecule has 0 fully saturated rings. The van der Waals surface area contributed by atoms with Crippen molar-refractivity contribution in [1.29, 1.82) is 0 Å². The predicted molar refractivity (Wildman–Crippen MR) is 102 cm³/mol. The summed E-state index contributed by atoms with van der Waals surface area (Å²) >= 11 is 0. The van der Waals surface area contributed by atoms with Crippen molar-refractivity contribution in [2.45, 2.75) is 17.6 Å². The summed E-state index contributed by atoms with van der Waals surface area (Å²) in [5.41, 5.74) is 2.75. The van der Waals surface area contributed by atoms with Gasteiger partial charge in [0.1, 0.15) is 12.1 Å². The van der Waals surface area contributed by atoms with Gasteiger partial charge in [-0.05, 0) is 36.8 Å². The zero-order valence-corrected chi connectivity index (χ0v) is 15.0. The Bertz CT molecular complexity index is 1080. The first-order valence-electron chi connectivity index (χ1n) is 8.16. The average molecular weight is 363 g/mol. The van der Waals surface area contributed by atoms with Gasteiger partial charge in [0.05, 0.1) is 16.6 Å². The van der Waals surface area contributed by atoms with Gasteiger partial charge < -0.3 is 5.32 Å². The minimum Gasteiger partial charge on any atom is -0.340 e. The van der Waals surface area contributed by atoms with Gasteiger partial charge in [0.2, 0.25) is 0 Å². The highest BCUT2D eigenvalue weighted by atomic mass is 32.2. The fraction of sp³-hybridized carbons (Fsp3) is 0.105. The van der Waals surface area contributed by atoms with E-state index in [1.807, 2.05) is 67.6 Å². The summed E-state index contributed by atoms with van der Waals surface area (Å²) in [4.78, 5) is 9.30. The van der Waals surface area contributed by atoms with Crippen molar-refractivity contribution in [3.63, 3.8) is 0 Å². The number of anilines is 2. The van der Waals surface area contributed by atoms with Crippen molar-refractivity contribution in [2.24, 2.45) is 0 Å². The third-order valence-electron chi connectivity index (χ3n) is 3.88. The number of aryl methyl sites for hydroxylation is 1. The van der Waals surface area contributed by atoms with Crippen molar-refractivity contribution in [3.8, 4) is 0 Å². The SMILES string of the molecule is Cc1cc(Nc2cccc(CS(=O)c3ccccc3)c2)n2ncnc2n1. The lowest BCUT2D eigenvalue weighted by Crippen LogP contribution is -2.03. The van der Waals surface area contributed by atoms with Gasteiger partial charge in [-0.2, -0.15) is 14.6 Å². The number of nitrogens with zero attached hydrogens (tertiary/aromatic N) is 4. The predicted octanol–water partition coefficient (Wildman–Crippen LogP) is 3.48. The van der Waals surface area contributed by atoms with Gasteiger partial charge in [0, 0.05) is 22.3 Å². The van der Waals surface area contributed by atoms with Crippen LogP contribution in [-0.2, 0) is 16.6 Å². The maximum atomic E-state index is 12.5. The van der Waals surface area contributed by atoms with Crippen LogP contribution < -0.4 is 5.32 Å². The summed E-state index contributed by atoms with van der Waals surface area (Å²) in [7, 11) is -1.07. The van der Waals surface area contributed by atoms with Gasteiger partial charge in [0.25, 0.3) is 5.78 Å². The minimum absolute atomic E-state index is 0.466. The molecule has 1 atom stereocenters. The molecule has 0 saturated carbocycles. The van der Waals surface area contributed by atoms with Gasteiger partial charge in [-0.25, -0.2) is 4.98 Å². The molecular formula is C19H17N5OS. The number of hydrogen-bond acceptors (Lipinski definition) is 5. The van der Waals surface area contributed by atoms with Crippen molar-refractivity contribution in [1.82, 2.24) is 19.6 Å². The largest absolute Gasteiger partial charge is 0.340 e. The normalized spacial score (nSPS) is 12.2. The van der Waals surface area contributed by atoms with Crippen LogP contribution in [0.1, 0.15) is 11.3 Å². The second kappa shape index (κ2) is 7.05. The fourth-order valence-corrected chi connectivity index (χ4v) is 3.82. The molecule has 26 heavy (non-hydrogen) atoms. The number of rotatable bonds is 5. The molecule has 1 unspecified atom stereocenters. The quantitative estimate of drug-likeness (QED) is 0.588. The average Bonchev–Trinajstić information content (AvgIpc) is 3.11. The summed E-state index contributed by atoms with van der Waals surface area (Å²) in [6.07, 6.45) is 1.48.